The summed E-state index contributed by atoms with van der Waals surface area (Å²) in [5, 5.41) is 14.1. The van der Waals surface area contributed by atoms with Crippen LogP contribution in [0.5, 0.6) is 0 Å². The third-order valence-corrected chi connectivity index (χ3v) is 4.45. The number of hydrogen-bond acceptors (Lipinski definition) is 5. The van der Waals surface area contributed by atoms with Gasteiger partial charge >= 0.3 is 6.18 Å². The Kier molecular flexibility index (Phi) is 4.17. The van der Waals surface area contributed by atoms with Crippen LogP contribution in [-0.2, 0) is 6.18 Å². The van der Waals surface area contributed by atoms with Gasteiger partial charge in [-0.05, 0) is 18.2 Å². The minimum absolute atomic E-state index is 0.107. The van der Waals surface area contributed by atoms with Gasteiger partial charge in [0.25, 0.3) is 5.69 Å². The van der Waals surface area contributed by atoms with Crippen LogP contribution in [-0.4, -0.2) is 4.92 Å². The van der Waals surface area contributed by atoms with E-state index in [9.17, 15) is 28.1 Å². The molecular weight excluding hydrogens is 357 g/mol. The number of nitro groups is 1. The number of nitrogens with zero attached hydrogens (tertiary/aromatic N) is 1. The monoisotopic (exact) mass is 366 g/mol. The van der Waals surface area contributed by atoms with E-state index in [4.69, 9.17) is 0 Å². The molecule has 1 heterocycles. The summed E-state index contributed by atoms with van der Waals surface area (Å²) < 4.78 is 38.7. The average molecular weight is 366 g/mol. The highest BCUT2D eigenvalue weighted by atomic mass is 32.1. The second kappa shape index (κ2) is 6.17. The fraction of sp³-hybridized carbons (Fsp3) is 0.0625. The molecule has 1 aromatic heterocycles. The summed E-state index contributed by atoms with van der Waals surface area (Å²) in [5.41, 5.74) is -2.04. The van der Waals surface area contributed by atoms with Crippen molar-refractivity contribution in [2.45, 2.75) is 6.18 Å². The van der Waals surface area contributed by atoms with E-state index in [1.807, 2.05) is 0 Å². The molecule has 128 valence electrons. The van der Waals surface area contributed by atoms with Gasteiger partial charge in [-0.3, -0.25) is 14.9 Å². The second-order valence-corrected chi connectivity index (χ2v) is 6.15. The van der Waals surface area contributed by atoms with Gasteiger partial charge < -0.3 is 5.32 Å². The fourth-order valence-corrected chi connectivity index (χ4v) is 3.33. The highest BCUT2D eigenvalue weighted by Crippen LogP contribution is 2.38. The molecule has 3 rings (SSSR count). The summed E-state index contributed by atoms with van der Waals surface area (Å²) in [6, 6.07) is 11.0. The van der Waals surface area contributed by atoms with Crippen LogP contribution < -0.4 is 10.7 Å². The van der Waals surface area contributed by atoms with Gasteiger partial charge in [-0.15, -0.1) is 11.3 Å². The van der Waals surface area contributed by atoms with E-state index in [1.54, 1.807) is 30.3 Å². The molecule has 0 bridgehead atoms. The Morgan fingerprint density at radius 1 is 1.08 bits per heavy atom. The Bertz CT molecular complexity index is 1020. The lowest BCUT2D eigenvalue weighted by molar-refractivity contribution is -0.383. The van der Waals surface area contributed by atoms with Crippen molar-refractivity contribution < 1.29 is 18.1 Å². The van der Waals surface area contributed by atoms with E-state index in [2.05, 4.69) is 5.32 Å². The number of rotatable bonds is 3. The number of non-ortho nitro benzene ring substituents is 1. The predicted octanol–water partition coefficient (Wildman–Crippen LogP) is 4.93. The van der Waals surface area contributed by atoms with Crippen LogP contribution in [0.1, 0.15) is 5.56 Å². The van der Waals surface area contributed by atoms with Crippen LogP contribution >= 0.6 is 11.3 Å². The molecule has 2 aromatic carbocycles. The van der Waals surface area contributed by atoms with Crippen molar-refractivity contribution in [1.29, 1.82) is 0 Å². The van der Waals surface area contributed by atoms with Gasteiger partial charge in [-0.25, -0.2) is 0 Å². The molecule has 0 amide bonds. The van der Waals surface area contributed by atoms with Crippen molar-refractivity contribution in [3.63, 3.8) is 0 Å². The Labute approximate surface area is 142 Å². The number of nitrogens with one attached hydrogen (secondary N) is 1. The first-order valence-electron chi connectivity index (χ1n) is 6.91. The van der Waals surface area contributed by atoms with E-state index < -0.39 is 27.8 Å². The fourth-order valence-electron chi connectivity index (χ4n) is 2.26. The molecular formula is C16H9F3N2O3S. The lowest BCUT2D eigenvalue weighted by Crippen LogP contribution is -2.09. The molecule has 0 aliphatic rings. The SMILES string of the molecule is O=c1cc(Nc2ccccc2)sc2c([N+](=O)[O-])cc(C(F)(F)F)cc12. The standard InChI is InChI=1S/C16H9F3N2O3S/c17-16(18,19)9-6-11-13(22)8-14(20-10-4-2-1-3-5-10)25-15(11)12(7-9)21(23)24/h1-8,20H. The average Bonchev–Trinajstić information content (AvgIpc) is 2.54. The van der Waals surface area contributed by atoms with Gasteiger partial charge in [-0.2, -0.15) is 13.2 Å². The smallest absolute Gasteiger partial charge is 0.347 e. The maximum Gasteiger partial charge on any atom is 0.416 e. The number of hydrogen-bond donors (Lipinski definition) is 1. The zero-order chi connectivity index (χ0) is 18.2. The Morgan fingerprint density at radius 3 is 2.36 bits per heavy atom. The Balaban J connectivity index is 2.22. The molecule has 0 aliphatic heterocycles. The molecule has 1 N–H and O–H groups in total. The lowest BCUT2D eigenvalue weighted by Gasteiger charge is -2.10. The van der Waals surface area contributed by atoms with Crippen LogP contribution in [0.3, 0.4) is 0 Å². The maximum atomic E-state index is 12.9. The van der Waals surface area contributed by atoms with E-state index >= 15 is 0 Å². The quantitative estimate of drug-likeness (QED) is 0.527. The summed E-state index contributed by atoms with van der Waals surface area (Å²) in [5.74, 6) is 0. The number of halogens is 3. The number of nitro benzene ring substituents is 1. The van der Waals surface area contributed by atoms with Gasteiger partial charge in [0.15, 0.2) is 5.43 Å². The first-order valence-corrected chi connectivity index (χ1v) is 7.73. The summed E-state index contributed by atoms with van der Waals surface area (Å²) in [6.07, 6.45) is -4.78. The van der Waals surface area contributed by atoms with E-state index in [-0.39, 0.29) is 10.1 Å². The zero-order valence-corrected chi connectivity index (χ0v) is 13.1. The highest BCUT2D eigenvalue weighted by Gasteiger charge is 2.34. The molecule has 9 heteroatoms. The molecule has 0 saturated heterocycles. The molecule has 0 saturated carbocycles. The largest absolute Gasteiger partial charge is 0.416 e. The van der Waals surface area contributed by atoms with Crippen LogP contribution in [0.4, 0.5) is 29.5 Å². The van der Waals surface area contributed by atoms with Crippen molar-refractivity contribution >= 4 is 37.8 Å². The number of fused-ring (bicyclic) bond motifs is 1. The normalized spacial score (nSPS) is 11.5. The van der Waals surface area contributed by atoms with E-state index in [0.717, 1.165) is 17.4 Å². The first-order chi connectivity index (χ1) is 11.8. The van der Waals surface area contributed by atoms with Gasteiger partial charge in [0, 0.05) is 23.2 Å². The zero-order valence-electron chi connectivity index (χ0n) is 12.3. The minimum Gasteiger partial charge on any atom is -0.347 e. The molecule has 0 radical (unpaired) electrons. The third-order valence-electron chi connectivity index (χ3n) is 3.37. The van der Waals surface area contributed by atoms with Gasteiger partial charge in [0.05, 0.1) is 15.5 Å². The van der Waals surface area contributed by atoms with Gasteiger partial charge in [-0.1, -0.05) is 18.2 Å². The summed E-state index contributed by atoms with van der Waals surface area (Å²) in [7, 11) is 0. The number of benzene rings is 2. The topological polar surface area (TPSA) is 72.2 Å². The molecule has 0 fully saturated rings. The second-order valence-electron chi connectivity index (χ2n) is 5.09. The molecule has 5 nitrogen and oxygen atoms in total. The van der Waals surface area contributed by atoms with E-state index in [0.29, 0.717) is 22.8 Å². The number of para-hydroxylation sites is 1. The van der Waals surface area contributed by atoms with Crippen molar-refractivity contribution in [2.24, 2.45) is 0 Å². The summed E-state index contributed by atoms with van der Waals surface area (Å²) >= 11 is 0.850. The van der Waals surface area contributed by atoms with Crippen molar-refractivity contribution in [3.05, 3.63) is 74.4 Å². The van der Waals surface area contributed by atoms with Crippen LogP contribution in [0, 0.1) is 10.1 Å². The highest BCUT2D eigenvalue weighted by molar-refractivity contribution is 7.22. The number of anilines is 2. The maximum absolute atomic E-state index is 12.9. The molecule has 0 atom stereocenters. The molecule has 0 unspecified atom stereocenters. The van der Waals surface area contributed by atoms with Crippen molar-refractivity contribution in [3.8, 4) is 0 Å². The van der Waals surface area contributed by atoms with Crippen LogP contribution in [0.15, 0.2) is 53.3 Å². The van der Waals surface area contributed by atoms with Crippen LogP contribution in [0.25, 0.3) is 10.1 Å². The van der Waals surface area contributed by atoms with Gasteiger partial charge in [0.1, 0.15) is 4.70 Å². The minimum atomic E-state index is -4.78. The van der Waals surface area contributed by atoms with Crippen molar-refractivity contribution in [1.82, 2.24) is 0 Å². The molecule has 0 aliphatic carbocycles. The molecule has 3 aromatic rings. The molecule has 0 spiro atoms. The predicted molar refractivity (Wildman–Crippen MR) is 89.5 cm³/mol. The van der Waals surface area contributed by atoms with Crippen molar-refractivity contribution in [2.75, 3.05) is 5.32 Å². The van der Waals surface area contributed by atoms with E-state index in [1.165, 1.54) is 0 Å². The third kappa shape index (κ3) is 3.45. The first kappa shape index (κ1) is 16.9. The lowest BCUT2D eigenvalue weighted by atomic mass is 10.1. The Morgan fingerprint density at radius 2 is 1.76 bits per heavy atom. The summed E-state index contributed by atoms with van der Waals surface area (Å²) in [4.78, 5) is 22.5. The molecule has 25 heavy (non-hydrogen) atoms. The van der Waals surface area contributed by atoms with Crippen LogP contribution in [0.2, 0.25) is 0 Å². The summed E-state index contributed by atoms with van der Waals surface area (Å²) in [6.45, 7) is 0. The van der Waals surface area contributed by atoms with Gasteiger partial charge in [0.2, 0.25) is 0 Å². The number of alkyl halides is 3. The Hall–Kier alpha value is -2.94.